The zero-order valence-corrected chi connectivity index (χ0v) is 16.3. The molecule has 0 amide bonds. The number of rotatable bonds is 5. The van der Waals surface area contributed by atoms with Crippen LogP contribution in [0.2, 0.25) is 5.15 Å². The average molecular weight is 406 g/mol. The number of hydrogen-bond acceptors (Lipinski definition) is 6. The first-order valence-electron chi connectivity index (χ1n) is 8.82. The van der Waals surface area contributed by atoms with Crippen molar-refractivity contribution in [2.75, 3.05) is 7.11 Å². The number of ether oxygens (including phenoxy) is 2. The molecule has 4 aromatic rings. The molecule has 0 saturated carbocycles. The largest absolute Gasteiger partial charge is 0.497 e. The summed E-state index contributed by atoms with van der Waals surface area (Å²) in [7, 11) is 1.59. The first-order valence-corrected chi connectivity index (χ1v) is 9.20. The highest BCUT2D eigenvalue weighted by atomic mass is 35.5. The molecule has 29 heavy (non-hydrogen) atoms. The smallest absolute Gasteiger partial charge is 0.331 e. The van der Waals surface area contributed by atoms with Crippen molar-refractivity contribution in [1.29, 1.82) is 0 Å². The molecule has 0 aliphatic rings. The Kier molecular flexibility index (Phi) is 5.35. The molecule has 0 aliphatic heterocycles. The van der Waals surface area contributed by atoms with Gasteiger partial charge >= 0.3 is 5.97 Å². The van der Waals surface area contributed by atoms with Crippen molar-refractivity contribution in [1.82, 2.24) is 15.0 Å². The SMILES string of the molecule is COc1ccc2cc(COC(=O)/C=C/c3cnc4ccccc4n3)c(Cl)nc2c1. The predicted octanol–water partition coefficient (Wildman–Crippen LogP) is 4.60. The van der Waals surface area contributed by atoms with E-state index in [0.29, 0.717) is 22.5 Å². The Morgan fingerprint density at radius 3 is 2.72 bits per heavy atom. The van der Waals surface area contributed by atoms with E-state index in [9.17, 15) is 4.79 Å². The van der Waals surface area contributed by atoms with Crippen LogP contribution >= 0.6 is 11.6 Å². The fourth-order valence-corrected chi connectivity index (χ4v) is 3.00. The van der Waals surface area contributed by atoms with Crippen molar-refractivity contribution in [3.8, 4) is 5.75 Å². The molecule has 6 nitrogen and oxygen atoms in total. The normalized spacial score (nSPS) is 11.2. The van der Waals surface area contributed by atoms with Gasteiger partial charge in [-0.25, -0.2) is 14.8 Å². The highest BCUT2D eigenvalue weighted by molar-refractivity contribution is 6.30. The molecule has 0 fully saturated rings. The minimum absolute atomic E-state index is 0.0143. The molecular weight excluding hydrogens is 390 g/mol. The Morgan fingerprint density at radius 1 is 1.07 bits per heavy atom. The summed E-state index contributed by atoms with van der Waals surface area (Å²) >= 11 is 6.23. The number of carbonyl (C=O) groups excluding carboxylic acids is 1. The second-order valence-corrected chi connectivity index (χ2v) is 6.58. The number of benzene rings is 2. The number of aromatic nitrogens is 3. The number of methoxy groups -OCH3 is 1. The summed E-state index contributed by atoms with van der Waals surface area (Å²) in [6.07, 6.45) is 4.48. The number of pyridine rings is 1. The number of nitrogens with zero attached hydrogens (tertiary/aromatic N) is 3. The van der Waals surface area contributed by atoms with Crippen molar-refractivity contribution < 1.29 is 14.3 Å². The Morgan fingerprint density at radius 2 is 1.90 bits per heavy atom. The molecule has 0 radical (unpaired) electrons. The van der Waals surface area contributed by atoms with Crippen LogP contribution in [0.4, 0.5) is 0 Å². The van der Waals surface area contributed by atoms with Gasteiger partial charge in [0.2, 0.25) is 0 Å². The predicted molar refractivity (Wildman–Crippen MR) is 112 cm³/mol. The topological polar surface area (TPSA) is 74.2 Å². The number of carbonyl (C=O) groups is 1. The minimum Gasteiger partial charge on any atom is -0.497 e. The van der Waals surface area contributed by atoms with Crippen LogP contribution in [0.5, 0.6) is 5.75 Å². The lowest BCUT2D eigenvalue weighted by molar-refractivity contribution is -0.138. The first kappa shape index (κ1) is 18.8. The van der Waals surface area contributed by atoms with E-state index in [4.69, 9.17) is 21.1 Å². The zero-order valence-electron chi connectivity index (χ0n) is 15.5. The summed E-state index contributed by atoms with van der Waals surface area (Å²) in [6, 6.07) is 14.9. The van der Waals surface area contributed by atoms with Gasteiger partial charge in [-0.15, -0.1) is 0 Å². The molecule has 2 heterocycles. The third kappa shape index (κ3) is 4.33. The molecule has 0 bridgehead atoms. The van der Waals surface area contributed by atoms with Gasteiger partial charge in [-0.3, -0.25) is 4.98 Å². The third-order valence-corrected chi connectivity index (χ3v) is 4.61. The Hall–Kier alpha value is -3.51. The molecule has 0 aliphatic carbocycles. The summed E-state index contributed by atoms with van der Waals surface area (Å²) in [4.78, 5) is 25.2. The number of fused-ring (bicyclic) bond motifs is 2. The van der Waals surface area contributed by atoms with Crippen LogP contribution in [-0.4, -0.2) is 28.0 Å². The van der Waals surface area contributed by atoms with Crippen LogP contribution in [0.3, 0.4) is 0 Å². The van der Waals surface area contributed by atoms with E-state index in [1.54, 1.807) is 25.4 Å². The third-order valence-electron chi connectivity index (χ3n) is 4.28. The monoisotopic (exact) mass is 405 g/mol. The number of hydrogen-bond donors (Lipinski definition) is 0. The summed E-state index contributed by atoms with van der Waals surface area (Å²) in [5.41, 5.74) is 3.45. The van der Waals surface area contributed by atoms with Gasteiger partial charge in [-0.05, 0) is 36.4 Å². The molecule has 0 N–H and O–H groups in total. The Bertz CT molecular complexity index is 1240. The molecule has 2 aromatic heterocycles. The molecule has 0 spiro atoms. The quantitative estimate of drug-likeness (QED) is 0.274. The molecule has 0 saturated heterocycles. The van der Waals surface area contributed by atoms with Crippen LogP contribution in [0, 0.1) is 0 Å². The van der Waals surface area contributed by atoms with Crippen LogP contribution in [0.15, 0.2) is 60.8 Å². The standard InChI is InChI=1S/C22H16ClN3O3/c1-28-17-8-6-14-10-15(22(23)26-20(14)11-17)13-29-21(27)9-7-16-12-24-18-4-2-3-5-19(18)25-16/h2-12H,13H2,1H3/b9-7+. The maximum absolute atomic E-state index is 12.1. The van der Waals surface area contributed by atoms with E-state index >= 15 is 0 Å². The molecule has 4 rings (SSSR count). The van der Waals surface area contributed by atoms with Gasteiger partial charge in [-0.1, -0.05) is 23.7 Å². The maximum Gasteiger partial charge on any atom is 0.331 e. The van der Waals surface area contributed by atoms with Crippen LogP contribution < -0.4 is 4.74 Å². The van der Waals surface area contributed by atoms with Gasteiger partial charge in [0.05, 0.1) is 35.6 Å². The molecule has 0 atom stereocenters. The summed E-state index contributed by atoms with van der Waals surface area (Å²) in [6.45, 7) is 0.0143. The van der Waals surface area contributed by atoms with Crippen LogP contribution in [0.1, 0.15) is 11.3 Å². The van der Waals surface area contributed by atoms with Crippen molar-refractivity contribution in [3.05, 3.63) is 77.2 Å². The number of halogens is 1. The van der Waals surface area contributed by atoms with Crippen LogP contribution in [-0.2, 0) is 16.1 Å². The molecular formula is C22H16ClN3O3. The van der Waals surface area contributed by atoms with Gasteiger partial charge in [-0.2, -0.15) is 0 Å². The Labute approximate surface area is 171 Å². The van der Waals surface area contributed by atoms with Crippen molar-refractivity contribution in [2.45, 2.75) is 6.61 Å². The number of esters is 1. The summed E-state index contributed by atoms with van der Waals surface area (Å²) < 4.78 is 10.5. The van der Waals surface area contributed by atoms with Gasteiger partial charge in [0.25, 0.3) is 0 Å². The first-order chi connectivity index (χ1) is 14.1. The van der Waals surface area contributed by atoms with Crippen molar-refractivity contribution in [2.24, 2.45) is 0 Å². The molecule has 2 aromatic carbocycles. The van der Waals surface area contributed by atoms with E-state index in [1.165, 1.54) is 6.08 Å². The highest BCUT2D eigenvalue weighted by Gasteiger charge is 2.08. The fourth-order valence-electron chi connectivity index (χ4n) is 2.80. The lowest BCUT2D eigenvalue weighted by Crippen LogP contribution is -2.02. The lowest BCUT2D eigenvalue weighted by atomic mass is 10.1. The zero-order chi connectivity index (χ0) is 20.2. The number of para-hydroxylation sites is 2. The molecule has 7 heteroatoms. The maximum atomic E-state index is 12.1. The van der Waals surface area contributed by atoms with E-state index in [2.05, 4.69) is 15.0 Å². The summed E-state index contributed by atoms with van der Waals surface area (Å²) in [5.74, 6) is 0.188. The second kappa shape index (κ2) is 8.24. The van der Waals surface area contributed by atoms with Gasteiger partial charge < -0.3 is 9.47 Å². The van der Waals surface area contributed by atoms with Gasteiger partial charge in [0.15, 0.2) is 0 Å². The minimum atomic E-state index is -0.508. The lowest BCUT2D eigenvalue weighted by Gasteiger charge is -2.07. The van der Waals surface area contributed by atoms with E-state index < -0.39 is 5.97 Å². The fraction of sp³-hybridized carbons (Fsp3) is 0.0909. The van der Waals surface area contributed by atoms with Gasteiger partial charge in [0.1, 0.15) is 17.5 Å². The van der Waals surface area contributed by atoms with Crippen LogP contribution in [0.25, 0.3) is 28.0 Å². The van der Waals surface area contributed by atoms with E-state index in [0.717, 1.165) is 16.4 Å². The average Bonchev–Trinajstić information content (AvgIpc) is 2.75. The van der Waals surface area contributed by atoms with E-state index in [-0.39, 0.29) is 11.8 Å². The highest BCUT2D eigenvalue weighted by Crippen LogP contribution is 2.24. The van der Waals surface area contributed by atoms with Crippen molar-refractivity contribution >= 4 is 45.6 Å². The second-order valence-electron chi connectivity index (χ2n) is 6.22. The van der Waals surface area contributed by atoms with Gasteiger partial charge in [0, 0.05) is 23.1 Å². The molecule has 144 valence electrons. The Balaban J connectivity index is 1.44. The van der Waals surface area contributed by atoms with Crippen molar-refractivity contribution in [3.63, 3.8) is 0 Å². The summed E-state index contributed by atoms with van der Waals surface area (Å²) in [5, 5.41) is 1.16. The van der Waals surface area contributed by atoms with E-state index in [1.807, 2.05) is 42.5 Å². The molecule has 0 unspecified atom stereocenters.